The number of aryl methyl sites for hydroxylation is 1. The van der Waals surface area contributed by atoms with Gasteiger partial charge in [0.05, 0.1) is 0 Å². The summed E-state index contributed by atoms with van der Waals surface area (Å²) in [7, 11) is 1.93. The number of fused-ring (bicyclic) bond motifs is 6. The summed E-state index contributed by atoms with van der Waals surface area (Å²) in [6.45, 7) is -0.211. The minimum absolute atomic E-state index is 0. The molecule has 46 heavy (non-hydrogen) atoms. The van der Waals surface area contributed by atoms with E-state index in [2.05, 4.69) is 107 Å². The molecule has 0 saturated carbocycles. The van der Waals surface area contributed by atoms with Gasteiger partial charge in [-0.2, -0.15) is 29.1 Å². The third kappa shape index (κ3) is 4.52. The van der Waals surface area contributed by atoms with Crippen LogP contribution in [0, 0.1) is 12.1 Å². The Labute approximate surface area is 280 Å². The van der Waals surface area contributed by atoms with Gasteiger partial charge >= 0.3 is 21.1 Å². The summed E-state index contributed by atoms with van der Waals surface area (Å²) in [5.74, 6) is 0.858. The van der Waals surface area contributed by atoms with Crippen molar-refractivity contribution in [3.05, 3.63) is 146 Å². The number of furan rings is 1. The van der Waals surface area contributed by atoms with Crippen molar-refractivity contribution in [1.82, 2.24) is 19.3 Å². The van der Waals surface area contributed by atoms with Crippen LogP contribution in [0.25, 0.3) is 60.8 Å². The number of para-hydroxylation sites is 3. The Morgan fingerprint density at radius 1 is 0.674 bits per heavy atom. The molecule has 4 aromatic heterocycles. The molecule has 9 aromatic rings. The van der Waals surface area contributed by atoms with Crippen LogP contribution in [-0.2, 0) is 28.1 Å². The molecule has 0 N–H and O–H groups in total. The van der Waals surface area contributed by atoms with Crippen LogP contribution in [0.5, 0.6) is 0 Å². The number of hydrogen-bond donors (Lipinski definition) is 0. The molecule has 5 nitrogen and oxygen atoms in total. The van der Waals surface area contributed by atoms with Crippen LogP contribution < -0.4 is 16.4 Å². The molecule has 7 heteroatoms. The van der Waals surface area contributed by atoms with Crippen molar-refractivity contribution in [2.75, 3.05) is 0 Å². The molecular weight excluding hydrogens is 746 g/mol. The van der Waals surface area contributed by atoms with Crippen LogP contribution in [0.15, 0.2) is 138 Å². The topological polar surface area (TPSA) is 48.8 Å². The summed E-state index contributed by atoms with van der Waals surface area (Å²) in [4.78, 5) is 4.74. The molecule has 5 aromatic carbocycles. The van der Waals surface area contributed by atoms with Crippen molar-refractivity contribution in [3.8, 4) is 17.1 Å². The molecular formula is C39H25BN4OPt. The molecule has 220 valence electrons. The second-order valence-electron chi connectivity index (χ2n) is 11.4. The Balaban J connectivity index is 0.00000312. The Morgan fingerprint density at radius 3 is 2.30 bits per heavy atom. The van der Waals surface area contributed by atoms with E-state index < -0.39 is 0 Å². The van der Waals surface area contributed by atoms with E-state index in [1.807, 2.05) is 60.5 Å². The average Bonchev–Trinajstić information content (AvgIpc) is 3.79. The molecule has 0 aliphatic rings. The van der Waals surface area contributed by atoms with Crippen LogP contribution >= 0.6 is 0 Å². The first-order valence-corrected chi connectivity index (χ1v) is 15.0. The standard InChI is InChI=1S/C39H25BN4O.Pt/c1-43-23-21-34(42-43)26-10-8-11-27(24-26)40(33-15-9-14-32-31-13-3-5-17-37(31)45-39(32)33)28-19-20-30-29-12-2-4-16-35(29)44(36(30)25-28)38-18-6-7-22-41-38;/h2-23H,1H3;/q-2;+2. The quantitative estimate of drug-likeness (QED) is 0.147. The molecule has 0 bridgehead atoms. The minimum Gasteiger partial charge on any atom is -0.457 e. The van der Waals surface area contributed by atoms with Gasteiger partial charge in [0.1, 0.15) is 17.0 Å². The number of hydrogen-bond acceptors (Lipinski definition) is 3. The van der Waals surface area contributed by atoms with Crippen LogP contribution in [0.2, 0.25) is 0 Å². The molecule has 4 heterocycles. The molecule has 0 aliphatic carbocycles. The molecule has 0 unspecified atom stereocenters. The van der Waals surface area contributed by atoms with E-state index in [1.54, 1.807) is 0 Å². The third-order valence-corrected chi connectivity index (χ3v) is 8.66. The average molecular weight is 772 g/mol. The van der Waals surface area contributed by atoms with E-state index in [-0.39, 0.29) is 27.8 Å². The van der Waals surface area contributed by atoms with Crippen molar-refractivity contribution in [2.24, 2.45) is 7.05 Å². The van der Waals surface area contributed by atoms with Gasteiger partial charge in [0.15, 0.2) is 0 Å². The minimum atomic E-state index is -0.211. The normalized spacial score (nSPS) is 11.4. The Hall–Kier alpha value is -5.19. The Kier molecular flexibility index (Phi) is 6.96. The molecule has 0 atom stereocenters. The van der Waals surface area contributed by atoms with E-state index in [9.17, 15) is 0 Å². The molecule has 0 fully saturated rings. The van der Waals surface area contributed by atoms with Gasteiger partial charge in [-0.05, 0) is 35.1 Å². The summed E-state index contributed by atoms with van der Waals surface area (Å²) < 4.78 is 10.6. The van der Waals surface area contributed by atoms with Gasteiger partial charge in [-0.1, -0.05) is 72.2 Å². The summed E-state index contributed by atoms with van der Waals surface area (Å²) in [5.41, 5.74) is 8.75. The first-order chi connectivity index (χ1) is 22.2. The second-order valence-corrected chi connectivity index (χ2v) is 11.4. The molecule has 9 rings (SSSR count). The zero-order valence-electron chi connectivity index (χ0n) is 24.8. The maximum atomic E-state index is 6.60. The predicted molar refractivity (Wildman–Crippen MR) is 183 cm³/mol. The van der Waals surface area contributed by atoms with Crippen molar-refractivity contribution in [2.45, 2.75) is 0 Å². The van der Waals surface area contributed by atoms with Gasteiger partial charge in [0.25, 0.3) is 0 Å². The molecule has 0 amide bonds. The SMILES string of the molecule is Cn1ccc(-c2[c-]c(B(c3[c-]c4c(cc3)c3ccccc3n4-c3ccccn3)c3cccc4c3oc3ccccc34)ccc2)n1.[Pt+2]. The summed E-state index contributed by atoms with van der Waals surface area (Å²) >= 11 is 0. The van der Waals surface area contributed by atoms with E-state index >= 15 is 0 Å². The van der Waals surface area contributed by atoms with E-state index in [4.69, 9.17) is 9.40 Å². The molecule has 0 radical (unpaired) electrons. The van der Waals surface area contributed by atoms with Gasteiger partial charge < -0.3 is 8.98 Å². The zero-order valence-corrected chi connectivity index (χ0v) is 27.1. The predicted octanol–water partition coefficient (Wildman–Crippen LogP) is 6.59. The second kappa shape index (κ2) is 11.3. The number of benzene rings is 5. The maximum Gasteiger partial charge on any atom is 2.00 e. The van der Waals surface area contributed by atoms with E-state index in [1.165, 1.54) is 5.39 Å². The fraction of sp³-hybridized carbons (Fsp3) is 0.0256. The van der Waals surface area contributed by atoms with Gasteiger partial charge in [-0.15, -0.1) is 35.2 Å². The van der Waals surface area contributed by atoms with Gasteiger partial charge in [0, 0.05) is 41.4 Å². The number of rotatable bonds is 5. The van der Waals surface area contributed by atoms with Gasteiger partial charge in [-0.25, -0.2) is 10.1 Å². The third-order valence-electron chi connectivity index (χ3n) is 8.66. The molecule has 0 saturated heterocycles. The van der Waals surface area contributed by atoms with Crippen LogP contribution in [0.3, 0.4) is 0 Å². The zero-order chi connectivity index (χ0) is 29.9. The number of nitrogens with zero attached hydrogens (tertiary/aromatic N) is 4. The largest absolute Gasteiger partial charge is 2.00 e. The summed E-state index contributed by atoms with van der Waals surface area (Å²) in [6.07, 6.45) is 3.80. The van der Waals surface area contributed by atoms with Crippen LogP contribution in [0.4, 0.5) is 0 Å². The van der Waals surface area contributed by atoms with Crippen molar-refractivity contribution in [1.29, 1.82) is 0 Å². The molecule has 0 aliphatic heterocycles. The number of aromatic nitrogens is 4. The van der Waals surface area contributed by atoms with E-state index in [0.29, 0.717) is 0 Å². The molecule has 0 spiro atoms. The Bertz CT molecular complexity index is 2530. The summed E-state index contributed by atoms with van der Waals surface area (Å²) in [5, 5.41) is 9.16. The van der Waals surface area contributed by atoms with Crippen LogP contribution in [-0.4, -0.2) is 26.0 Å². The first kappa shape index (κ1) is 28.3. The fourth-order valence-corrected chi connectivity index (χ4v) is 6.66. The van der Waals surface area contributed by atoms with Gasteiger partial charge in [0.2, 0.25) is 6.71 Å². The summed E-state index contributed by atoms with van der Waals surface area (Å²) in [6, 6.07) is 49.5. The fourth-order valence-electron chi connectivity index (χ4n) is 6.66. The monoisotopic (exact) mass is 771 g/mol. The Morgan fingerprint density at radius 2 is 1.46 bits per heavy atom. The smallest absolute Gasteiger partial charge is 0.457 e. The van der Waals surface area contributed by atoms with Crippen molar-refractivity contribution < 1.29 is 25.5 Å². The van der Waals surface area contributed by atoms with E-state index in [0.717, 1.165) is 71.8 Å². The van der Waals surface area contributed by atoms with Crippen molar-refractivity contribution >= 4 is 66.8 Å². The first-order valence-electron chi connectivity index (χ1n) is 15.0. The van der Waals surface area contributed by atoms with Crippen molar-refractivity contribution in [3.63, 3.8) is 0 Å². The van der Waals surface area contributed by atoms with Gasteiger partial charge in [-0.3, -0.25) is 4.68 Å². The van der Waals surface area contributed by atoms with Crippen LogP contribution in [0.1, 0.15) is 0 Å². The maximum absolute atomic E-state index is 6.60. The number of pyridine rings is 1.